The SMILES string of the molecule is COc1cc(Br)cc(C)c1NC(C)C(C)(C)O. The van der Waals surface area contributed by atoms with Gasteiger partial charge in [-0.2, -0.15) is 0 Å². The average Bonchev–Trinajstić information content (AvgIpc) is 2.19. The maximum absolute atomic E-state index is 9.94. The molecule has 0 saturated carbocycles. The second kappa shape index (κ2) is 5.27. The van der Waals surface area contributed by atoms with E-state index in [4.69, 9.17) is 4.74 Å². The molecule has 0 aliphatic heterocycles. The smallest absolute Gasteiger partial charge is 0.143 e. The molecule has 0 saturated heterocycles. The summed E-state index contributed by atoms with van der Waals surface area (Å²) in [5, 5.41) is 13.2. The Balaban J connectivity index is 3.06. The van der Waals surface area contributed by atoms with Gasteiger partial charge in [-0.3, -0.25) is 0 Å². The molecule has 0 aliphatic carbocycles. The lowest BCUT2D eigenvalue weighted by molar-refractivity contribution is 0.0648. The number of hydrogen-bond donors (Lipinski definition) is 2. The van der Waals surface area contributed by atoms with E-state index in [1.807, 2.05) is 26.0 Å². The number of hydrogen-bond acceptors (Lipinski definition) is 3. The lowest BCUT2D eigenvalue weighted by Crippen LogP contribution is -2.39. The van der Waals surface area contributed by atoms with Crippen LogP contribution in [0.3, 0.4) is 0 Å². The van der Waals surface area contributed by atoms with E-state index >= 15 is 0 Å². The fraction of sp³-hybridized carbons (Fsp3) is 0.538. The Labute approximate surface area is 111 Å². The van der Waals surface area contributed by atoms with Crippen molar-refractivity contribution in [1.82, 2.24) is 0 Å². The summed E-state index contributed by atoms with van der Waals surface area (Å²) in [6, 6.07) is 3.85. The summed E-state index contributed by atoms with van der Waals surface area (Å²) in [5.41, 5.74) is 1.21. The van der Waals surface area contributed by atoms with Crippen molar-refractivity contribution in [3.05, 3.63) is 22.2 Å². The topological polar surface area (TPSA) is 41.5 Å². The predicted molar refractivity (Wildman–Crippen MR) is 74.8 cm³/mol. The third kappa shape index (κ3) is 3.61. The van der Waals surface area contributed by atoms with E-state index in [1.54, 1.807) is 21.0 Å². The Bertz CT molecular complexity index is 399. The second-order valence-corrected chi connectivity index (χ2v) is 5.74. The minimum absolute atomic E-state index is 0.0729. The van der Waals surface area contributed by atoms with Gasteiger partial charge in [0, 0.05) is 4.47 Å². The van der Waals surface area contributed by atoms with Crippen LogP contribution in [0.25, 0.3) is 0 Å². The highest BCUT2D eigenvalue weighted by Gasteiger charge is 2.23. The van der Waals surface area contributed by atoms with Gasteiger partial charge in [-0.05, 0) is 45.4 Å². The van der Waals surface area contributed by atoms with Crippen LogP contribution in [0, 0.1) is 6.92 Å². The zero-order valence-corrected chi connectivity index (χ0v) is 12.6. The van der Waals surface area contributed by atoms with E-state index in [9.17, 15) is 5.11 Å². The molecule has 0 fully saturated rings. The summed E-state index contributed by atoms with van der Waals surface area (Å²) in [5.74, 6) is 0.771. The Hall–Kier alpha value is -0.740. The van der Waals surface area contributed by atoms with Gasteiger partial charge in [-0.25, -0.2) is 0 Å². The molecule has 0 aliphatic rings. The van der Waals surface area contributed by atoms with E-state index in [1.165, 1.54) is 0 Å². The zero-order valence-electron chi connectivity index (χ0n) is 11.0. The number of nitrogens with one attached hydrogen (secondary N) is 1. The van der Waals surface area contributed by atoms with Gasteiger partial charge in [0.25, 0.3) is 0 Å². The summed E-state index contributed by atoms with van der Waals surface area (Å²) in [6.07, 6.45) is 0. The van der Waals surface area contributed by atoms with Gasteiger partial charge in [-0.1, -0.05) is 15.9 Å². The molecule has 0 aromatic heterocycles. The number of aryl methyl sites for hydroxylation is 1. The lowest BCUT2D eigenvalue weighted by atomic mass is 10.00. The monoisotopic (exact) mass is 301 g/mol. The molecule has 0 radical (unpaired) electrons. The van der Waals surface area contributed by atoms with Crippen molar-refractivity contribution in [2.24, 2.45) is 0 Å². The molecule has 2 N–H and O–H groups in total. The normalized spacial score (nSPS) is 13.4. The van der Waals surface area contributed by atoms with Crippen molar-refractivity contribution >= 4 is 21.6 Å². The van der Waals surface area contributed by atoms with Crippen LogP contribution in [0.4, 0.5) is 5.69 Å². The highest BCUT2D eigenvalue weighted by molar-refractivity contribution is 9.10. The minimum atomic E-state index is -0.787. The average molecular weight is 302 g/mol. The molecule has 1 atom stereocenters. The molecular weight excluding hydrogens is 282 g/mol. The van der Waals surface area contributed by atoms with Crippen molar-refractivity contribution in [3.63, 3.8) is 0 Å². The van der Waals surface area contributed by atoms with Crippen LogP contribution in [0.5, 0.6) is 5.75 Å². The maximum atomic E-state index is 9.94. The summed E-state index contributed by atoms with van der Waals surface area (Å²) in [6.45, 7) is 7.52. The molecule has 4 heteroatoms. The summed E-state index contributed by atoms with van der Waals surface area (Å²) in [4.78, 5) is 0. The number of aliphatic hydroxyl groups is 1. The van der Waals surface area contributed by atoms with Crippen molar-refractivity contribution in [2.45, 2.75) is 39.3 Å². The first kappa shape index (κ1) is 14.3. The zero-order chi connectivity index (χ0) is 13.2. The van der Waals surface area contributed by atoms with Crippen molar-refractivity contribution in [1.29, 1.82) is 0 Å². The maximum Gasteiger partial charge on any atom is 0.143 e. The largest absolute Gasteiger partial charge is 0.495 e. The first-order valence-electron chi connectivity index (χ1n) is 5.58. The fourth-order valence-electron chi connectivity index (χ4n) is 1.45. The molecule has 1 unspecified atom stereocenters. The number of halogens is 1. The molecule has 17 heavy (non-hydrogen) atoms. The number of rotatable bonds is 4. The van der Waals surface area contributed by atoms with Crippen molar-refractivity contribution in [2.75, 3.05) is 12.4 Å². The highest BCUT2D eigenvalue weighted by atomic mass is 79.9. The van der Waals surface area contributed by atoms with Crippen molar-refractivity contribution < 1.29 is 9.84 Å². The Kier molecular flexibility index (Phi) is 4.44. The van der Waals surface area contributed by atoms with Gasteiger partial charge < -0.3 is 15.2 Å². The van der Waals surface area contributed by atoms with Crippen LogP contribution in [-0.4, -0.2) is 23.9 Å². The van der Waals surface area contributed by atoms with E-state index in [0.717, 1.165) is 21.5 Å². The van der Waals surface area contributed by atoms with Crippen LogP contribution in [0.1, 0.15) is 26.3 Å². The second-order valence-electron chi connectivity index (χ2n) is 4.82. The van der Waals surface area contributed by atoms with Gasteiger partial charge in [0.2, 0.25) is 0 Å². The fourth-order valence-corrected chi connectivity index (χ4v) is 2.00. The van der Waals surface area contributed by atoms with E-state index in [2.05, 4.69) is 21.2 Å². The van der Waals surface area contributed by atoms with Crippen LogP contribution in [0.2, 0.25) is 0 Å². The van der Waals surface area contributed by atoms with E-state index in [-0.39, 0.29) is 6.04 Å². The molecule has 3 nitrogen and oxygen atoms in total. The lowest BCUT2D eigenvalue weighted by Gasteiger charge is -2.29. The standard InChI is InChI=1S/C13H20BrNO2/c1-8-6-10(14)7-11(17-5)12(8)15-9(2)13(3,4)16/h6-7,9,15-16H,1-5H3. The van der Waals surface area contributed by atoms with Crippen LogP contribution in [0.15, 0.2) is 16.6 Å². The first-order valence-corrected chi connectivity index (χ1v) is 6.38. The van der Waals surface area contributed by atoms with Crippen LogP contribution in [-0.2, 0) is 0 Å². The molecule has 1 rings (SSSR count). The summed E-state index contributed by atoms with van der Waals surface area (Å²) < 4.78 is 6.33. The minimum Gasteiger partial charge on any atom is -0.495 e. The van der Waals surface area contributed by atoms with Crippen molar-refractivity contribution in [3.8, 4) is 5.75 Å². The van der Waals surface area contributed by atoms with Crippen LogP contribution < -0.4 is 10.1 Å². The van der Waals surface area contributed by atoms with Gasteiger partial charge >= 0.3 is 0 Å². The summed E-state index contributed by atoms with van der Waals surface area (Å²) >= 11 is 3.44. The van der Waals surface area contributed by atoms with E-state index < -0.39 is 5.60 Å². The Morgan fingerprint density at radius 2 is 2.00 bits per heavy atom. The van der Waals surface area contributed by atoms with Gasteiger partial charge in [-0.15, -0.1) is 0 Å². The first-order chi connectivity index (χ1) is 7.75. The number of anilines is 1. The van der Waals surface area contributed by atoms with Crippen LogP contribution >= 0.6 is 15.9 Å². The third-order valence-corrected chi connectivity index (χ3v) is 3.36. The molecule has 96 valence electrons. The Morgan fingerprint density at radius 3 is 2.47 bits per heavy atom. The highest BCUT2D eigenvalue weighted by Crippen LogP contribution is 2.33. The molecule has 0 amide bonds. The third-order valence-electron chi connectivity index (χ3n) is 2.90. The quantitative estimate of drug-likeness (QED) is 0.896. The molecular formula is C13H20BrNO2. The molecule has 0 spiro atoms. The number of benzene rings is 1. The van der Waals surface area contributed by atoms with Gasteiger partial charge in [0.1, 0.15) is 5.75 Å². The van der Waals surface area contributed by atoms with E-state index in [0.29, 0.717) is 0 Å². The molecule has 0 bridgehead atoms. The molecule has 1 aromatic carbocycles. The molecule has 0 heterocycles. The van der Waals surface area contributed by atoms with Gasteiger partial charge in [0.15, 0.2) is 0 Å². The summed E-state index contributed by atoms with van der Waals surface area (Å²) in [7, 11) is 1.64. The molecule has 1 aromatic rings. The predicted octanol–water partition coefficient (Wildman–Crippen LogP) is 3.34. The van der Waals surface area contributed by atoms with Gasteiger partial charge in [0.05, 0.1) is 24.4 Å². The number of ether oxygens (including phenoxy) is 1. The Morgan fingerprint density at radius 1 is 1.41 bits per heavy atom. The number of methoxy groups -OCH3 is 1.